The van der Waals surface area contributed by atoms with Crippen LogP contribution in [0.4, 0.5) is 0 Å². The fourth-order valence-electron chi connectivity index (χ4n) is 2.62. The van der Waals surface area contributed by atoms with Gasteiger partial charge in [-0.15, -0.1) is 0 Å². The van der Waals surface area contributed by atoms with Gasteiger partial charge in [0, 0.05) is 23.4 Å². The number of aromatic nitrogens is 3. The molecule has 0 saturated heterocycles. The highest BCUT2D eigenvalue weighted by Crippen LogP contribution is 2.20. The molecule has 20 heavy (non-hydrogen) atoms. The van der Waals surface area contributed by atoms with Crippen molar-refractivity contribution >= 4 is 5.65 Å². The van der Waals surface area contributed by atoms with E-state index >= 15 is 0 Å². The molecule has 1 radical (unpaired) electrons. The molecule has 0 saturated carbocycles. The number of benzene rings is 1. The predicted molar refractivity (Wildman–Crippen MR) is 79.9 cm³/mol. The predicted octanol–water partition coefficient (Wildman–Crippen LogP) is 3.30. The molecule has 3 nitrogen and oxygen atoms in total. The zero-order valence-electron chi connectivity index (χ0n) is 12.1. The number of nitrogens with zero attached hydrogens (tertiary/aromatic N) is 3. The summed E-state index contributed by atoms with van der Waals surface area (Å²) in [7, 11) is 0. The zero-order valence-corrected chi connectivity index (χ0v) is 12.1. The van der Waals surface area contributed by atoms with E-state index in [9.17, 15) is 0 Å². The van der Waals surface area contributed by atoms with Gasteiger partial charge in [-0.1, -0.05) is 31.2 Å². The Kier molecular flexibility index (Phi) is 3.26. The number of rotatable bonds is 3. The summed E-state index contributed by atoms with van der Waals surface area (Å²) < 4.78 is 1.97. The number of hydrogen-bond donors (Lipinski definition) is 0. The fraction of sp³-hybridized carbons (Fsp3) is 0.294. The van der Waals surface area contributed by atoms with E-state index < -0.39 is 0 Å². The van der Waals surface area contributed by atoms with E-state index in [4.69, 9.17) is 10.1 Å². The van der Waals surface area contributed by atoms with Crippen LogP contribution in [0.5, 0.6) is 0 Å². The molecule has 0 aliphatic heterocycles. The van der Waals surface area contributed by atoms with Crippen molar-refractivity contribution in [1.29, 1.82) is 0 Å². The van der Waals surface area contributed by atoms with Crippen LogP contribution in [-0.2, 0) is 12.8 Å². The zero-order chi connectivity index (χ0) is 14.1. The van der Waals surface area contributed by atoms with Crippen molar-refractivity contribution in [2.45, 2.75) is 33.6 Å². The van der Waals surface area contributed by atoms with Crippen LogP contribution in [0.1, 0.15) is 35.1 Å². The summed E-state index contributed by atoms with van der Waals surface area (Å²) in [6, 6.07) is 13.2. The number of hydrogen-bond acceptors (Lipinski definition) is 2. The lowest BCUT2D eigenvalue weighted by Gasteiger charge is -2.03. The molecule has 0 unspecified atom stereocenters. The standard InChI is InChI=1S/C17H18N3/c1-4-16-15(11-14-8-6-5-7-9-14)17-18-12(2)10-13(3)20(17)19-16/h6-10H,4,11H2,1-3H3. The lowest BCUT2D eigenvalue weighted by atomic mass is 10.0. The molecule has 0 atom stereocenters. The van der Waals surface area contributed by atoms with Crippen LogP contribution < -0.4 is 0 Å². The second-order valence-electron chi connectivity index (χ2n) is 5.14. The Morgan fingerprint density at radius 2 is 1.95 bits per heavy atom. The van der Waals surface area contributed by atoms with Crippen molar-refractivity contribution in [3.63, 3.8) is 0 Å². The smallest absolute Gasteiger partial charge is 0.159 e. The van der Waals surface area contributed by atoms with Crippen LogP contribution in [0.15, 0.2) is 30.3 Å². The van der Waals surface area contributed by atoms with Crippen LogP contribution in [0.25, 0.3) is 5.65 Å². The minimum absolute atomic E-state index is 0.872. The summed E-state index contributed by atoms with van der Waals surface area (Å²) in [6.07, 6.45) is 1.80. The first kappa shape index (κ1) is 12.9. The van der Waals surface area contributed by atoms with Crippen LogP contribution in [0.2, 0.25) is 0 Å². The van der Waals surface area contributed by atoms with Gasteiger partial charge in [-0.2, -0.15) is 5.10 Å². The van der Waals surface area contributed by atoms with E-state index in [1.54, 1.807) is 0 Å². The van der Waals surface area contributed by atoms with Gasteiger partial charge in [-0.05, 0) is 38.0 Å². The molecule has 3 rings (SSSR count). The summed E-state index contributed by atoms with van der Waals surface area (Å²) in [5.41, 5.74) is 6.82. The van der Waals surface area contributed by atoms with Crippen LogP contribution >= 0.6 is 0 Å². The summed E-state index contributed by atoms with van der Waals surface area (Å²) in [5.74, 6) is 0. The normalized spacial score (nSPS) is 11.2. The second-order valence-corrected chi connectivity index (χ2v) is 5.14. The van der Waals surface area contributed by atoms with Crippen molar-refractivity contribution in [2.24, 2.45) is 0 Å². The van der Waals surface area contributed by atoms with Gasteiger partial charge in [0.05, 0.1) is 5.69 Å². The van der Waals surface area contributed by atoms with E-state index in [0.717, 1.165) is 35.6 Å². The van der Waals surface area contributed by atoms with E-state index in [1.165, 1.54) is 11.1 Å². The van der Waals surface area contributed by atoms with E-state index in [1.807, 2.05) is 23.6 Å². The third-order valence-electron chi connectivity index (χ3n) is 3.58. The van der Waals surface area contributed by atoms with E-state index in [-0.39, 0.29) is 0 Å². The van der Waals surface area contributed by atoms with Gasteiger partial charge in [0.25, 0.3) is 0 Å². The largest absolute Gasteiger partial charge is 0.234 e. The average molecular weight is 264 g/mol. The molecule has 2 heterocycles. The molecule has 0 aliphatic carbocycles. The minimum Gasteiger partial charge on any atom is -0.234 e. The Balaban J connectivity index is 2.17. The van der Waals surface area contributed by atoms with Gasteiger partial charge in [0.15, 0.2) is 5.65 Å². The molecular weight excluding hydrogens is 246 g/mol. The summed E-state index contributed by atoms with van der Waals surface area (Å²) in [5, 5.41) is 4.71. The molecule has 0 bridgehead atoms. The lowest BCUT2D eigenvalue weighted by molar-refractivity contribution is 0.849. The fourth-order valence-corrected chi connectivity index (χ4v) is 2.62. The number of fused-ring (bicyclic) bond motifs is 1. The van der Waals surface area contributed by atoms with Crippen molar-refractivity contribution in [1.82, 2.24) is 14.6 Å². The first-order chi connectivity index (χ1) is 9.69. The molecule has 1 aromatic carbocycles. The molecule has 0 spiro atoms. The molecule has 0 fully saturated rings. The Labute approximate surface area is 119 Å². The monoisotopic (exact) mass is 264 g/mol. The van der Waals surface area contributed by atoms with Gasteiger partial charge >= 0.3 is 0 Å². The molecule has 3 heteroatoms. The Bertz CT molecular complexity index is 742. The van der Waals surface area contributed by atoms with Gasteiger partial charge in [-0.3, -0.25) is 0 Å². The first-order valence-corrected chi connectivity index (χ1v) is 6.98. The maximum absolute atomic E-state index is 4.71. The Hall–Kier alpha value is -2.16. The lowest BCUT2D eigenvalue weighted by Crippen LogP contribution is -1.98. The highest BCUT2D eigenvalue weighted by molar-refractivity contribution is 5.53. The SMILES string of the molecule is CCc1nn2c(C)cc(C)nc2c1Cc1cc[c]cc1. The number of aryl methyl sites for hydroxylation is 3. The molecule has 0 amide bonds. The molecule has 101 valence electrons. The van der Waals surface area contributed by atoms with Crippen LogP contribution in [-0.4, -0.2) is 14.6 Å². The van der Waals surface area contributed by atoms with E-state index in [2.05, 4.69) is 38.1 Å². The maximum Gasteiger partial charge on any atom is 0.159 e. The quantitative estimate of drug-likeness (QED) is 0.726. The van der Waals surface area contributed by atoms with Gasteiger partial charge in [0.2, 0.25) is 0 Å². The average Bonchev–Trinajstić information content (AvgIpc) is 2.78. The topological polar surface area (TPSA) is 30.2 Å². The molecule has 0 N–H and O–H groups in total. The Morgan fingerprint density at radius 3 is 2.65 bits per heavy atom. The van der Waals surface area contributed by atoms with Crippen LogP contribution in [0.3, 0.4) is 0 Å². The van der Waals surface area contributed by atoms with Crippen molar-refractivity contribution < 1.29 is 0 Å². The van der Waals surface area contributed by atoms with Gasteiger partial charge in [0.1, 0.15) is 0 Å². The minimum atomic E-state index is 0.872. The molecule has 2 aromatic heterocycles. The molecular formula is C17H18N3. The van der Waals surface area contributed by atoms with E-state index in [0.29, 0.717) is 0 Å². The van der Waals surface area contributed by atoms with Crippen molar-refractivity contribution in [2.75, 3.05) is 0 Å². The summed E-state index contributed by atoms with van der Waals surface area (Å²) >= 11 is 0. The van der Waals surface area contributed by atoms with Crippen molar-refractivity contribution in [3.05, 3.63) is 64.6 Å². The first-order valence-electron chi connectivity index (χ1n) is 6.98. The highest BCUT2D eigenvalue weighted by atomic mass is 15.3. The third kappa shape index (κ3) is 2.20. The third-order valence-corrected chi connectivity index (χ3v) is 3.58. The van der Waals surface area contributed by atoms with Gasteiger partial charge < -0.3 is 0 Å². The Morgan fingerprint density at radius 1 is 1.20 bits per heavy atom. The second kappa shape index (κ2) is 5.08. The van der Waals surface area contributed by atoms with Crippen molar-refractivity contribution in [3.8, 4) is 0 Å². The van der Waals surface area contributed by atoms with Gasteiger partial charge in [-0.25, -0.2) is 9.50 Å². The molecule has 0 aliphatic rings. The summed E-state index contributed by atoms with van der Waals surface area (Å²) in [4.78, 5) is 4.69. The van der Waals surface area contributed by atoms with Crippen LogP contribution in [0, 0.1) is 19.9 Å². The highest BCUT2D eigenvalue weighted by Gasteiger charge is 2.14. The maximum atomic E-state index is 4.71. The molecule has 3 aromatic rings. The summed E-state index contributed by atoms with van der Waals surface area (Å²) in [6.45, 7) is 6.26.